The van der Waals surface area contributed by atoms with Crippen LogP contribution in [0.3, 0.4) is 0 Å². The van der Waals surface area contributed by atoms with Crippen molar-refractivity contribution < 1.29 is 9.53 Å². The average molecular weight is 400 g/mol. The van der Waals surface area contributed by atoms with Crippen molar-refractivity contribution in [2.24, 2.45) is 0 Å². The third kappa shape index (κ3) is 3.05. The third-order valence-electron chi connectivity index (χ3n) is 3.00. The molecule has 2 rings (SSSR count). The lowest BCUT2D eigenvalue weighted by atomic mass is 10.0. The van der Waals surface area contributed by atoms with Crippen LogP contribution in [0.5, 0.6) is 5.75 Å². The van der Waals surface area contributed by atoms with Crippen molar-refractivity contribution in [2.75, 3.05) is 13.7 Å². The number of halogens is 2. The summed E-state index contributed by atoms with van der Waals surface area (Å²) in [6.45, 7) is 0.0120. The summed E-state index contributed by atoms with van der Waals surface area (Å²) in [6, 6.07) is 7.39. The van der Waals surface area contributed by atoms with Crippen LogP contribution in [-0.2, 0) is 4.79 Å². The number of allylic oxidation sites excluding steroid dienone is 1. The van der Waals surface area contributed by atoms with E-state index in [1.165, 1.54) is 0 Å². The SMILES string of the molecule is CN1C(=O)C(Br)CC=C1c1ccc(OCC#N)cc1Br. The van der Waals surface area contributed by atoms with Crippen LogP contribution in [0.1, 0.15) is 12.0 Å². The molecule has 1 unspecified atom stereocenters. The Bertz CT molecular complexity index is 608. The Labute approximate surface area is 134 Å². The van der Waals surface area contributed by atoms with Crippen molar-refractivity contribution in [3.63, 3.8) is 0 Å². The Morgan fingerprint density at radius 2 is 2.30 bits per heavy atom. The van der Waals surface area contributed by atoms with Gasteiger partial charge in [-0.3, -0.25) is 4.79 Å². The molecule has 0 spiro atoms. The van der Waals surface area contributed by atoms with E-state index in [9.17, 15) is 4.79 Å². The lowest BCUT2D eigenvalue weighted by Crippen LogP contribution is -2.35. The molecule has 6 heteroatoms. The Hall–Kier alpha value is -1.32. The second-order valence-corrected chi connectivity index (χ2v) is 6.24. The van der Waals surface area contributed by atoms with Gasteiger partial charge in [-0.25, -0.2) is 0 Å². The molecule has 0 fully saturated rings. The quantitative estimate of drug-likeness (QED) is 0.732. The molecule has 1 aliphatic rings. The van der Waals surface area contributed by atoms with E-state index in [1.807, 2.05) is 18.2 Å². The van der Waals surface area contributed by atoms with Crippen molar-refractivity contribution >= 4 is 43.5 Å². The molecule has 20 heavy (non-hydrogen) atoms. The second-order valence-electron chi connectivity index (χ2n) is 4.28. The minimum absolute atomic E-state index is 0.0120. The fraction of sp³-hybridized carbons (Fsp3) is 0.286. The highest BCUT2D eigenvalue weighted by Crippen LogP contribution is 2.33. The van der Waals surface area contributed by atoms with Gasteiger partial charge in [0.15, 0.2) is 6.61 Å². The maximum atomic E-state index is 12.0. The molecule has 104 valence electrons. The summed E-state index contributed by atoms with van der Waals surface area (Å²) in [6.07, 6.45) is 2.69. The first-order valence-corrected chi connectivity index (χ1v) is 7.67. The lowest BCUT2D eigenvalue weighted by molar-refractivity contribution is -0.126. The number of rotatable bonds is 3. The minimum atomic E-state index is -0.159. The summed E-state index contributed by atoms with van der Waals surface area (Å²) in [5, 5.41) is 8.50. The van der Waals surface area contributed by atoms with Crippen LogP contribution in [0.2, 0.25) is 0 Å². The largest absolute Gasteiger partial charge is 0.479 e. The molecule has 1 atom stereocenters. The predicted octanol–water partition coefficient (Wildman–Crippen LogP) is 3.32. The Kier molecular flexibility index (Phi) is 4.84. The fourth-order valence-electron chi connectivity index (χ4n) is 1.98. The Morgan fingerprint density at radius 1 is 1.55 bits per heavy atom. The lowest BCUT2D eigenvalue weighted by Gasteiger charge is -2.28. The van der Waals surface area contributed by atoms with Gasteiger partial charge in [-0.1, -0.05) is 22.0 Å². The van der Waals surface area contributed by atoms with Gasteiger partial charge in [-0.2, -0.15) is 5.26 Å². The molecular weight excluding hydrogens is 388 g/mol. The molecule has 0 N–H and O–H groups in total. The van der Waals surface area contributed by atoms with Crippen LogP contribution in [-0.4, -0.2) is 29.3 Å². The maximum absolute atomic E-state index is 12.0. The molecule has 0 aromatic heterocycles. The van der Waals surface area contributed by atoms with Gasteiger partial charge >= 0.3 is 0 Å². The number of hydrogen-bond donors (Lipinski definition) is 0. The number of ether oxygens (including phenoxy) is 1. The first-order chi connectivity index (χ1) is 9.54. The molecule has 1 aliphatic heterocycles. The van der Waals surface area contributed by atoms with Crippen molar-refractivity contribution in [3.05, 3.63) is 34.3 Å². The molecule has 1 aromatic carbocycles. The van der Waals surface area contributed by atoms with Gasteiger partial charge in [0.25, 0.3) is 0 Å². The fourth-order valence-corrected chi connectivity index (χ4v) is 3.04. The smallest absolute Gasteiger partial charge is 0.240 e. The Balaban J connectivity index is 2.30. The molecule has 0 bridgehead atoms. The summed E-state index contributed by atoms with van der Waals surface area (Å²) >= 11 is 6.84. The summed E-state index contributed by atoms with van der Waals surface area (Å²) < 4.78 is 6.07. The van der Waals surface area contributed by atoms with E-state index in [2.05, 4.69) is 31.9 Å². The number of nitriles is 1. The zero-order valence-corrected chi connectivity index (χ0v) is 13.9. The summed E-state index contributed by atoms with van der Waals surface area (Å²) in [4.78, 5) is 13.5. The predicted molar refractivity (Wildman–Crippen MR) is 83.3 cm³/mol. The maximum Gasteiger partial charge on any atom is 0.240 e. The Morgan fingerprint density at radius 3 is 2.95 bits per heavy atom. The van der Waals surface area contributed by atoms with E-state index < -0.39 is 0 Å². The van der Waals surface area contributed by atoms with Crippen molar-refractivity contribution in [2.45, 2.75) is 11.2 Å². The molecule has 1 aromatic rings. The van der Waals surface area contributed by atoms with Gasteiger partial charge in [0.2, 0.25) is 5.91 Å². The van der Waals surface area contributed by atoms with Gasteiger partial charge < -0.3 is 9.64 Å². The highest BCUT2D eigenvalue weighted by molar-refractivity contribution is 9.10. The van der Waals surface area contributed by atoms with Crippen molar-refractivity contribution in [3.8, 4) is 11.8 Å². The second kappa shape index (κ2) is 6.42. The van der Waals surface area contributed by atoms with E-state index in [-0.39, 0.29) is 17.3 Å². The molecular formula is C14H12Br2N2O2. The van der Waals surface area contributed by atoms with Crippen LogP contribution >= 0.6 is 31.9 Å². The van der Waals surface area contributed by atoms with Gasteiger partial charge in [-0.05, 0) is 40.5 Å². The first kappa shape index (κ1) is 15.1. The standard InChI is InChI=1S/C14H12Br2N2O2/c1-18-13(5-4-11(15)14(18)19)10-3-2-9(8-12(10)16)20-7-6-17/h2-3,5,8,11H,4,7H2,1H3. The van der Waals surface area contributed by atoms with E-state index in [0.29, 0.717) is 12.2 Å². The first-order valence-electron chi connectivity index (χ1n) is 5.96. The number of amides is 1. The molecule has 0 saturated carbocycles. The number of benzene rings is 1. The van der Waals surface area contributed by atoms with Gasteiger partial charge in [0, 0.05) is 22.8 Å². The van der Waals surface area contributed by atoms with Crippen LogP contribution in [0.4, 0.5) is 0 Å². The highest BCUT2D eigenvalue weighted by Gasteiger charge is 2.27. The van der Waals surface area contributed by atoms with Crippen LogP contribution in [0.25, 0.3) is 5.70 Å². The van der Waals surface area contributed by atoms with E-state index in [4.69, 9.17) is 10.00 Å². The van der Waals surface area contributed by atoms with Gasteiger partial charge in [-0.15, -0.1) is 0 Å². The van der Waals surface area contributed by atoms with E-state index >= 15 is 0 Å². The van der Waals surface area contributed by atoms with Crippen LogP contribution in [0, 0.1) is 11.3 Å². The van der Waals surface area contributed by atoms with Gasteiger partial charge in [0.05, 0.1) is 4.83 Å². The van der Waals surface area contributed by atoms with E-state index in [0.717, 1.165) is 15.7 Å². The molecule has 4 nitrogen and oxygen atoms in total. The third-order valence-corrected chi connectivity index (χ3v) is 4.42. The van der Waals surface area contributed by atoms with Crippen LogP contribution < -0.4 is 4.74 Å². The monoisotopic (exact) mass is 398 g/mol. The number of carbonyl (C=O) groups is 1. The number of nitrogens with zero attached hydrogens (tertiary/aromatic N) is 2. The number of carbonyl (C=O) groups excluding carboxylic acids is 1. The summed E-state index contributed by atoms with van der Waals surface area (Å²) in [7, 11) is 1.76. The molecule has 0 saturated heterocycles. The minimum Gasteiger partial charge on any atom is -0.479 e. The number of hydrogen-bond acceptors (Lipinski definition) is 3. The molecule has 1 amide bonds. The summed E-state index contributed by atoms with van der Waals surface area (Å²) in [5.74, 6) is 0.658. The van der Waals surface area contributed by atoms with Crippen LogP contribution in [0.15, 0.2) is 28.7 Å². The van der Waals surface area contributed by atoms with Crippen molar-refractivity contribution in [1.29, 1.82) is 5.26 Å². The topological polar surface area (TPSA) is 53.3 Å². The molecule has 0 aliphatic carbocycles. The average Bonchev–Trinajstić information content (AvgIpc) is 2.44. The normalized spacial score (nSPS) is 18.5. The summed E-state index contributed by atoms with van der Waals surface area (Å²) in [5.41, 5.74) is 1.79. The molecule has 1 heterocycles. The highest BCUT2D eigenvalue weighted by atomic mass is 79.9. The van der Waals surface area contributed by atoms with E-state index in [1.54, 1.807) is 24.1 Å². The zero-order chi connectivity index (χ0) is 14.7. The van der Waals surface area contributed by atoms with Crippen molar-refractivity contribution in [1.82, 2.24) is 4.90 Å². The molecule has 0 radical (unpaired) electrons. The number of alkyl halides is 1. The van der Waals surface area contributed by atoms with Gasteiger partial charge in [0.1, 0.15) is 11.8 Å². The zero-order valence-electron chi connectivity index (χ0n) is 10.8.